The van der Waals surface area contributed by atoms with E-state index in [1.165, 1.54) is 18.9 Å². The summed E-state index contributed by atoms with van der Waals surface area (Å²) in [5.74, 6) is -0.262. The molecule has 98 valence electrons. The largest absolute Gasteiger partial charge is 0.389 e. The highest BCUT2D eigenvalue weighted by Crippen LogP contribution is 2.22. The van der Waals surface area contributed by atoms with E-state index in [-0.39, 0.29) is 10.8 Å². The number of rotatable bonds is 4. The van der Waals surface area contributed by atoms with Crippen molar-refractivity contribution in [3.63, 3.8) is 0 Å². The Morgan fingerprint density at radius 1 is 1.50 bits per heavy atom. The molecule has 1 aliphatic heterocycles. The first-order valence-electron chi connectivity index (χ1n) is 6.43. The molecule has 18 heavy (non-hydrogen) atoms. The van der Waals surface area contributed by atoms with Crippen molar-refractivity contribution in [1.29, 1.82) is 0 Å². The molecule has 0 spiro atoms. The van der Waals surface area contributed by atoms with Gasteiger partial charge in [0.25, 0.3) is 0 Å². The molecule has 1 aromatic carbocycles. The predicted octanol–water partition coefficient (Wildman–Crippen LogP) is 2.83. The second-order valence-electron chi connectivity index (χ2n) is 4.89. The van der Waals surface area contributed by atoms with Gasteiger partial charge in [0.1, 0.15) is 10.8 Å². The molecule has 0 amide bonds. The quantitative estimate of drug-likeness (QED) is 0.850. The minimum atomic E-state index is -0.262. The Kier molecular flexibility index (Phi) is 4.30. The second kappa shape index (κ2) is 5.76. The van der Waals surface area contributed by atoms with Crippen LogP contribution in [0.3, 0.4) is 0 Å². The summed E-state index contributed by atoms with van der Waals surface area (Å²) in [6, 6.07) is 5.50. The van der Waals surface area contributed by atoms with E-state index < -0.39 is 0 Å². The van der Waals surface area contributed by atoms with Gasteiger partial charge in [-0.1, -0.05) is 19.1 Å². The maximum atomic E-state index is 13.5. The van der Waals surface area contributed by atoms with Crippen molar-refractivity contribution in [1.82, 2.24) is 4.90 Å². The fourth-order valence-electron chi connectivity index (χ4n) is 2.68. The highest BCUT2D eigenvalue weighted by molar-refractivity contribution is 7.80. The van der Waals surface area contributed by atoms with Crippen molar-refractivity contribution in [2.24, 2.45) is 5.73 Å². The van der Waals surface area contributed by atoms with Crippen LogP contribution in [0.1, 0.15) is 37.3 Å². The standard InChI is InChI=1S/C14H19FN2S/c1-2-13-4-3-5-17(13)9-10-6-11(14(16)18)8-12(15)7-10/h6-8,13H,2-5,9H2,1H3,(H2,16,18). The maximum absolute atomic E-state index is 13.5. The summed E-state index contributed by atoms with van der Waals surface area (Å²) in [7, 11) is 0. The number of benzene rings is 1. The van der Waals surface area contributed by atoms with Crippen LogP contribution >= 0.6 is 12.2 Å². The molecule has 2 rings (SSSR count). The summed E-state index contributed by atoms with van der Waals surface area (Å²) in [6.45, 7) is 4.08. The van der Waals surface area contributed by atoms with Gasteiger partial charge in [-0.3, -0.25) is 4.90 Å². The highest BCUT2D eigenvalue weighted by Gasteiger charge is 2.22. The Bertz CT molecular complexity index is 447. The molecule has 1 atom stereocenters. The minimum Gasteiger partial charge on any atom is -0.389 e. The third-order valence-corrected chi connectivity index (χ3v) is 3.83. The summed E-state index contributed by atoms with van der Waals surface area (Å²) in [4.78, 5) is 2.67. The summed E-state index contributed by atoms with van der Waals surface area (Å²) < 4.78 is 13.5. The Labute approximate surface area is 113 Å². The number of hydrogen-bond donors (Lipinski definition) is 1. The van der Waals surface area contributed by atoms with E-state index in [2.05, 4.69) is 11.8 Å². The van der Waals surface area contributed by atoms with Crippen LogP contribution in [-0.2, 0) is 6.54 Å². The van der Waals surface area contributed by atoms with E-state index >= 15 is 0 Å². The van der Waals surface area contributed by atoms with E-state index in [9.17, 15) is 4.39 Å². The molecule has 1 unspecified atom stereocenters. The van der Waals surface area contributed by atoms with Gasteiger partial charge in [0.15, 0.2) is 0 Å². The highest BCUT2D eigenvalue weighted by atomic mass is 32.1. The summed E-state index contributed by atoms with van der Waals surface area (Å²) >= 11 is 4.91. The zero-order valence-corrected chi connectivity index (χ0v) is 11.5. The van der Waals surface area contributed by atoms with Gasteiger partial charge < -0.3 is 5.73 Å². The molecule has 4 heteroatoms. The van der Waals surface area contributed by atoms with E-state index in [1.54, 1.807) is 6.07 Å². The second-order valence-corrected chi connectivity index (χ2v) is 5.33. The topological polar surface area (TPSA) is 29.3 Å². The van der Waals surface area contributed by atoms with Gasteiger partial charge in [-0.15, -0.1) is 0 Å². The van der Waals surface area contributed by atoms with E-state index in [1.807, 2.05) is 6.07 Å². The van der Waals surface area contributed by atoms with Crippen molar-refractivity contribution < 1.29 is 4.39 Å². The van der Waals surface area contributed by atoms with Crippen LogP contribution in [0, 0.1) is 5.82 Å². The van der Waals surface area contributed by atoms with Crippen molar-refractivity contribution in [2.75, 3.05) is 6.54 Å². The smallest absolute Gasteiger partial charge is 0.124 e. The molecule has 0 aromatic heterocycles. The van der Waals surface area contributed by atoms with Gasteiger partial charge >= 0.3 is 0 Å². The van der Waals surface area contributed by atoms with Crippen molar-refractivity contribution in [3.8, 4) is 0 Å². The van der Waals surface area contributed by atoms with Crippen LogP contribution in [0.4, 0.5) is 4.39 Å². The molecule has 0 bridgehead atoms. The van der Waals surface area contributed by atoms with Crippen LogP contribution < -0.4 is 5.73 Å². The van der Waals surface area contributed by atoms with Crippen LogP contribution in [-0.4, -0.2) is 22.5 Å². The number of nitrogens with two attached hydrogens (primary N) is 1. The first-order valence-corrected chi connectivity index (χ1v) is 6.84. The first kappa shape index (κ1) is 13.4. The zero-order valence-electron chi connectivity index (χ0n) is 10.7. The van der Waals surface area contributed by atoms with Gasteiger partial charge in [-0.05, 0) is 49.6 Å². The van der Waals surface area contributed by atoms with Crippen molar-refractivity contribution >= 4 is 17.2 Å². The molecule has 2 nitrogen and oxygen atoms in total. The minimum absolute atomic E-state index is 0.254. The predicted molar refractivity (Wildman–Crippen MR) is 76.0 cm³/mol. The maximum Gasteiger partial charge on any atom is 0.124 e. The molecule has 1 saturated heterocycles. The van der Waals surface area contributed by atoms with Crippen molar-refractivity contribution in [2.45, 2.75) is 38.8 Å². The lowest BCUT2D eigenvalue weighted by atomic mass is 10.1. The van der Waals surface area contributed by atoms with Gasteiger partial charge in [0.05, 0.1) is 0 Å². The van der Waals surface area contributed by atoms with Gasteiger partial charge in [-0.2, -0.15) is 0 Å². The van der Waals surface area contributed by atoms with E-state index in [0.717, 1.165) is 25.1 Å². The van der Waals surface area contributed by atoms with E-state index in [4.69, 9.17) is 18.0 Å². The average molecular weight is 266 g/mol. The fourth-order valence-corrected chi connectivity index (χ4v) is 2.80. The molecule has 1 fully saturated rings. The van der Waals surface area contributed by atoms with Gasteiger partial charge in [0.2, 0.25) is 0 Å². The molecule has 1 aliphatic rings. The average Bonchev–Trinajstić information content (AvgIpc) is 2.75. The molecule has 2 N–H and O–H groups in total. The van der Waals surface area contributed by atoms with Gasteiger partial charge in [-0.25, -0.2) is 4.39 Å². The SMILES string of the molecule is CCC1CCCN1Cc1cc(F)cc(C(N)=S)c1. The molecule has 0 saturated carbocycles. The van der Waals surface area contributed by atoms with Crippen LogP contribution in [0.25, 0.3) is 0 Å². The Morgan fingerprint density at radius 3 is 2.94 bits per heavy atom. The molecular formula is C14H19FN2S. The first-order chi connectivity index (χ1) is 8.60. The number of nitrogens with zero attached hydrogens (tertiary/aromatic N) is 1. The summed E-state index contributed by atoms with van der Waals surface area (Å²) in [5, 5.41) is 0. The molecule has 1 aromatic rings. The van der Waals surface area contributed by atoms with E-state index in [0.29, 0.717) is 11.6 Å². The third kappa shape index (κ3) is 3.06. The molecule has 0 aliphatic carbocycles. The molecule has 1 heterocycles. The zero-order chi connectivity index (χ0) is 13.1. The Balaban J connectivity index is 2.16. The number of hydrogen-bond acceptors (Lipinski definition) is 2. The van der Waals surface area contributed by atoms with Gasteiger partial charge in [0, 0.05) is 18.2 Å². The fraction of sp³-hybridized carbons (Fsp3) is 0.500. The lowest BCUT2D eigenvalue weighted by Gasteiger charge is -2.23. The normalized spacial score (nSPS) is 20.2. The number of thiocarbonyl (C=S) groups is 1. The molecular weight excluding hydrogens is 247 g/mol. The number of halogens is 1. The summed E-state index contributed by atoms with van der Waals surface area (Å²) in [6.07, 6.45) is 3.63. The third-order valence-electron chi connectivity index (χ3n) is 3.60. The molecule has 0 radical (unpaired) electrons. The van der Waals surface area contributed by atoms with Crippen LogP contribution in [0.5, 0.6) is 0 Å². The lowest BCUT2D eigenvalue weighted by molar-refractivity contribution is 0.240. The Hall–Kier alpha value is -1.00. The monoisotopic (exact) mass is 266 g/mol. The Morgan fingerprint density at radius 2 is 2.28 bits per heavy atom. The van der Waals surface area contributed by atoms with Crippen LogP contribution in [0.2, 0.25) is 0 Å². The van der Waals surface area contributed by atoms with Crippen LogP contribution in [0.15, 0.2) is 18.2 Å². The lowest BCUT2D eigenvalue weighted by Crippen LogP contribution is -2.28. The van der Waals surface area contributed by atoms with Crippen molar-refractivity contribution in [3.05, 3.63) is 35.1 Å². The number of likely N-dealkylation sites (tertiary alicyclic amines) is 1. The summed E-state index contributed by atoms with van der Waals surface area (Å²) in [5.41, 5.74) is 7.14.